The Labute approximate surface area is 167 Å². The van der Waals surface area contributed by atoms with Crippen molar-refractivity contribution in [2.24, 2.45) is 5.92 Å². The molecule has 2 aliphatic heterocycles. The summed E-state index contributed by atoms with van der Waals surface area (Å²) in [6.45, 7) is 3.29. The highest BCUT2D eigenvalue weighted by molar-refractivity contribution is 5.67. The predicted octanol–water partition coefficient (Wildman–Crippen LogP) is 4.41. The number of hydrogen-bond donors (Lipinski definition) is 0. The molecule has 150 valence electrons. The second-order valence-corrected chi connectivity index (χ2v) is 7.80. The van der Waals surface area contributed by atoms with Crippen LogP contribution in [0.4, 0.5) is 0 Å². The lowest BCUT2D eigenvalue weighted by Gasteiger charge is -2.44. The number of pyridine rings is 1. The van der Waals surface area contributed by atoms with Crippen LogP contribution < -0.4 is 14.2 Å². The van der Waals surface area contributed by atoms with Crippen LogP contribution in [0.15, 0.2) is 36.5 Å². The Morgan fingerprint density at radius 2 is 1.79 bits per heavy atom. The molecule has 2 aliphatic rings. The molecule has 0 bridgehead atoms. The average molecular weight is 383 g/mol. The zero-order valence-electron chi connectivity index (χ0n) is 16.9. The highest BCUT2D eigenvalue weighted by Crippen LogP contribution is 2.34. The average Bonchev–Trinajstić information content (AvgIpc) is 2.77. The van der Waals surface area contributed by atoms with Gasteiger partial charge in [-0.05, 0) is 68.1 Å². The van der Waals surface area contributed by atoms with Crippen LogP contribution in [-0.2, 0) is 0 Å². The van der Waals surface area contributed by atoms with Crippen LogP contribution in [0.3, 0.4) is 0 Å². The molecule has 0 spiro atoms. The third-order valence-corrected chi connectivity index (χ3v) is 6.09. The molecule has 28 heavy (non-hydrogen) atoms. The van der Waals surface area contributed by atoms with Crippen LogP contribution in [0.2, 0.25) is 0 Å². The first-order valence-corrected chi connectivity index (χ1v) is 10.3. The molecule has 4 rings (SSSR count). The second-order valence-electron chi connectivity index (χ2n) is 7.80. The van der Waals surface area contributed by atoms with Crippen LogP contribution in [0.5, 0.6) is 17.4 Å². The van der Waals surface area contributed by atoms with E-state index in [4.69, 9.17) is 14.2 Å². The number of methoxy groups -OCH3 is 2. The lowest BCUT2D eigenvalue weighted by Crippen LogP contribution is -2.49. The van der Waals surface area contributed by atoms with Crippen LogP contribution in [0.25, 0.3) is 11.1 Å². The number of aromatic nitrogens is 1. The number of hydrogen-bond acceptors (Lipinski definition) is 5. The maximum absolute atomic E-state index is 6.30. The molecule has 0 N–H and O–H groups in total. The van der Waals surface area contributed by atoms with Crippen molar-refractivity contribution in [3.05, 3.63) is 36.5 Å². The van der Waals surface area contributed by atoms with E-state index in [1.165, 1.54) is 45.2 Å². The Balaban J connectivity index is 1.51. The molecule has 0 aliphatic carbocycles. The van der Waals surface area contributed by atoms with Gasteiger partial charge in [0.15, 0.2) is 0 Å². The van der Waals surface area contributed by atoms with Gasteiger partial charge in [-0.3, -0.25) is 4.90 Å². The zero-order chi connectivity index (χ0) is 19.3. The van der Waals surface area contributed by atoms with E-state index >= 15 is 0 Å². The molecule has 2 saturated heterocycles. The lowest BCUT2D eigenvalue weighted by atomic mass is 9.84. The predicted molar refractivity (Wildman–Crippen MR) is 110 cm³/mol. The Bertz CT molecular complexity index is 793. The number of ether oxygens (including phenoxy) is 3. The fourth-order valence-corrected chi connectivity index (χ4v) is 4.62. The Hall–Kier alpha value is -2.27. The van der Waals surface area contributed by atoms with Crippen molar-refractivity contribution in [1.29, 1.82) is 0 Å². The molecule has 0 unspecified atom stereocenters. The fraction of sp³-hybridized carbons (Fsp3) is 0.522. The molecular formula is C23H30N2O3. The summed E-state index contributed by atoms with van der Waals surface area (Å²) in [7, 11) is 3.32. The van der Waals surface area contributed by atoms with E-state index in [1.54, 1.807) is 20.4 Å². The van der Waals surface area contributed by atoms with Crippen LogP contribution in [-0.4, -0.2) is 49.8 Å². The summed E-state index contributed by atoms with van der Waals surface area (Å²) in [5.74, 6) is 2.87. The highest BCUT2D eigenvalue weighted by Gasteiger charge is 2.33. The first-order chi connectivity index (χ1) is 13.8. The van der Waals surface area contributed by atoms with E-state index in [9.17, 15) is 0 Å². The minimum Gasteiger partial charge on any atom is -0.497 e. The Morgan fingerprint density at radius 3 is 2.64 bits per heavy atom. The molecule has 2 aromatic rings. The van der Waals surface area contributed by atoms with Crippen molar-refractivity contribution in [2.75, 3.05) is 33.9 Å². The number of piperidine rings is 2. The van der Waals surface area contributed by atoms with E-state index in [0.717, 1.165) is 29.2 Å². The van der Waals surface area contributed by atoms with Gasteiger partial charge in [0.2, 0.25) is 5.88 Å². The minimum atomic E-state index is 0.599. The molecule has 0 amide bonds. The lowest BCUT2D eigenvalue weighted by molar-refractivity contribution is 0.0366. The summed E-state index contributed by atoms with van der Waals surface area (Å²) in [6.07, 6.45) is 8.32. The monoisotopic (exact) mass is 382 g/mol. The Kier molecular flexibility index (Phi) is 6.01. The van der Waals surface area contributed by atoms with E-state index in [-0.39, 0.29) is 0 Å². The summed E-state index contributed by atoms with van der Waals surface area (Å²) in [5, 5.41) is 0. The largest absolute Gasteiger partial charge is 0.497 e. The molecule has 2 fully saturated rings. The van der Waals surface area contributed by atoms with E-state index < -0.39 is 0 Å². The molecule has 5 heteroatoms. The summed E-state index contributed by atoms with van der Waals surface area (Å²) in [6, 6.07) is 10.7. The number of nitrogens with zero attached hydrogens (tertiary/aromatic N) is 2. The topological polar surface area (TPSA) is 43.8 Å². The highest BCUT2D eigenvalue weighted by atomic mass is 16.5. The molecule has 3 heterocycles. The van der Waals surface area contributed by atoms with Crippen molar-refractivity contribution < 1.29 is 14.2 Å². The minimum absolute atomic E-state index is 0.599. The van der Waals surface area contributed by atoms with Gasteiger partial charge in [0.1, 0.15) is 11.5 Å². The maximum atomic E-state index is 6.30. The van der Waals surface area contributed by atoms with Gasteiger partial charge in [0.25, 0.3) is 0 Å². The van der Waals surface area contributed by atoms with E-state index in [2.05, 4.69) is 16.0 Å². The van der Waals surface area contributed by atoms with E-state index in [0.29, 0.717) is 17.8 Å². The van der Waals surface area contributed by atoms with Crippen LogP contribution in [0, 0.1) is 5.92 Å². The van der Waals surface area contributed by atoms with Gasteiger partial charge in [-0.1, -0.05) is 6.42 Å². The molecular weight excluding hydrogens is 352 g/mol. The third-order valence-electron chi connectivity index (χ3n) is 6.09. The van der Waals surface area contributed by atoms with Gasteiger partial charge in [0, 0.05) is 30.3 Å². The van der Waals surface area contributed by atoms with Crippen molar-refractivity contribution in [3.63, 3.8) is 0 Å². The standard InChI is InChI=1S/C23H30N2O3/c1-26-20-12-19(17-8-9-24-23(14-17)27-2)13-21(15-20)28-16-18-6-5-11-25-10-4-3-7-22(18)25/h8-9,12-15,18,22H,3-7,10-11,16H2,1-2H3/t18-,22+/m0/s1. The molecule has 2 atom stereocenters. The molecule has 1 aromatic carbocycles. The van der Waals surface area contributed by atoms with Gasteiger partial charge >= 0.3 is 0 Å². The van der Waals surface area contributed by atoms with Crippen molar-refractivity contribution >= 4 is 0 Å². The number of benzene rings is 1. The smallest absolute Gasteiger partial charge is 0.213 e. The second kappa shape index (κ2) is 8.82. The van der Waals surface area contributed by atoms with Gasteiger partial charge in [0.05, 0.1) is 20.8 Å². The summed E-state index contributed by atoms with van der Waals surface area (Å²) < 4.78 is 17.1. The van der Waals surface area contributed by atoms with Crippen molar-refractivity contribution in [2.45, 2.75) is 38.1 Å². The first-order valence-electron chi connectivity index (χ1n) is 10.3. The summed E-state index contributed by atoms with van der Waals surface area (Å²) in [4.78, 5) is 6.88. The molecule has 0 saturated carbocycles. The quantitative estimate of drug-likeness (QED) is 0.740. The summed E-state index contributed by atoms with van der Waals surface area (Å²) in [5.41, 5.74) is 2.07. The maximum Gasteiger partial charge on any atom is 0.213 e. The normalized spacial score (nSPS) is 22.4. The molecule has 0 radical (unpaired) electrons. The van der Waals surface area contributed by atoms with Crippen molar-refractivity contribution in [3.8, 4) is 28.5 Å². The van der Waals surface area contributed by atoms with Gasteiger partial charge in [-0.25, -0.2) is 4.98 Å². The van der Waals surface area contributed by atoms with Crippen LogP contribution in [0.1, 0.15) is 32.1 Å². The Morgan fingerprint density at radius 1 is 0.929 bits per heavy atom. The number of rotatable bonds is 6. The SMILES string of the molecule is COc1cc(OC[C@@H]2CCCN3CCCC[C@H]23)cc(-c2ccnc(OC)c2)c1. The van der Waals surface area contributed by atoms with E-state index in [1.807, 2.05) is 24.3 Å². The van der Waals surface area contributed by atoms with Crippen molar-refractivity contribution in [1.82, 2.24) is 9.88 Å². The van der Waals surface area contributed by atoms with Crippen LogP contribution >= 0.6 is 0 Å². The molecule has 1 aromatic heterocycles. The summed E-state index contributed by atoms with van der Waals surface area (Å²) >= 11 is 0. The van der Waals surface area contributed by atoms with Gasteiger partial charge < -0.3 is 14.2 Å². The molecule has 5 nitrogen and oxygen atoms in total. The zero-order valence-corrected chi connectivity index (χ0v) is 16.9. The van der Waals surface area contributed by atoms with Gasteiger partial charge in [-0.15, -0.1) is 0 Å². The third kappa shape index (κ3) is 4.25. The first kappa shape index (κ1) is 19.1. The number of fused-ring (bicyclic) bond motifs is 1. The fourth-order valence-electron chi connectivity index (χ4n) is 4.62. The van der Waals surface area contributed by atoms with Gasteiger partial charge in [-0.2, -0.15) is 0 Å².